The highest BCUT2D eigenvalue weighted by Gasteiger charge is 2.29. The Morgan fingerprint density at radius 3 is 2.86 bits per heavy atom. The molecular formula is C12H11ClN4O2S2. The lowest BCUT2D eigenvalue weighted by Crippen LogP contribution is -2.10. The molecule has 0 saturated heterocycles. The molecule has 6 nitrogen and oxygen atoms in total. The van der Waals surface area contributed by atoms with Crippen LogP contribution in [-0.2, 0) is 4.79 Å². The molecule has 0 bridgehead atoms. The Kier molecular flexibility index (Phi) is 3.78. The summed E-state index contributed by atoms with van der Waals surface area (Å²) in [5.74, 6) is -0.436. The first-order chi connectivity index (χ1) is 9.95. The summed E-state index contributed by atoms with van der Waals surface area (Å²) < 4.78 is 0.755. The second-order valence-electron chi connectivity index (χ2n) is 4.61. The molecule has 1 atom stereocenters. The molecule has 3 rings (SSSR count). The maximum atomic E-state index is 11.5. The molecule has 0 fully saturated rings. The summed E-state index contributed by atoms with van der Waals surface area (Å²) in [4.78, 5) is 14.1. The maximum Gasteiger partial charge on any atom is 0.257 e. The van der Waals surface area contributed by atoms with Crippen LogP contribution >= 0.6 is 34.7 Å². The van der Waals surface area contributed by atoms with E-state index in [2.05, 4.69) is 15.5 Å². The normalized spacial score (nSPS) is 16.8. The Morgan fingerprint density at radius 1 is 1.43 bits per heavy atom. The molecule has 1 aromatic heterocycles. The van der Waals surface area contributed by atoms with Crippen LogP contribution in [0.1, 0.15) is 11.7 Å². The van der Waals surface area contributed by atoms with E-state index in [9.17, 15) is 9.90 Å². The summed E-state index contributed by atoms with van der Waals surface area (Å²) in [5, 5.41) is 21.8. The van der Waals surface area contributed by atoms with Crippen molar-refractivity contribution in [3.63, 3.8) is 0 Å². The number of aliphatic hydroxyl groups is 1. The van der Waals surface area contributed by atoms with E-state index in [1.165, 1.54) is 23.1 Å². The summed E-state index contributed by atoms with van der Waals surface area (Å²) in [6.07, 6.45) is -1.15. The standard InChI is InChI=1S/C12H11ClN4O2S2/c1-17(2)11-15-16-12(21-11)20-8-4-7-5(3-6(8)13)9(18)10(19)14-7/h3-4,9,18H,1-2H3,(H,14,19). The fraction of sp³-hybridized carbons (Fsp3) is 0.250. The van der Waals surface area contributed by atoms with Gasteiger partial charge in [0.15, 0.2) is 10.4 Å². The Balaban J connectivity index is 1.89. The van der Waals surface area contributed by atoms with Gasteiger partial charge in [-0.05, 0) is 12.1 Å². The van der Waals surface area contributed by atoms with Crippen molar-refractivity contribution in [1.82, 2.24) is 10.2 Å². The van der Waals surface area contributed by atoms with Crippen LogP contribution in [0.15, 0.2) is 21.4 Å². The molecule has 1 unspecified atom stereocenters. The molecule has 0 aliphatic carbocycles. The number of hydrogen-bond acceptors (Lipinski definition) is 7. The van der Waals surface area contributed by atoms with Crippen LogP contribution in [0.5, 0.6) is 0 Å². The van der Waals surface area contributed by atoms with E-state index in [1.807, 2.05) is 19.0 Å². The van der Waals surface area contributed by atoms with Crippen LogP contribution in [0.25, 0.3) is 0 Å². The predicted molar refractivity (Wildman–Crippen MR) is 83.4 cm³/mol. The third kappa shape index (κ3) is 2.71. The van der Waals surface area contributed by atoms with E-state index in [0.717, 1.165) is 14.4 Å². The van der Waals surface area contributed by atoms with Crippen LogP contribution in [0, 0.1) is 0 Å². The van der Waals surface area contributed by atoms with Gasteiger partial charge >= 0.3 is 0 Å². The van der Waals surface area contributed by atoms with Gasteiger partial charge in [0.1, 0.15) is 0 Å². The first kappa shape index (κ1) is 14.6. The summed E-state index contributed by atoms with van der Waals surface area (Å²) in [5.41, 5.74) is 1.08. The highest BCUT2D eigenvalue weighted by atomic mass is 35.5. The Morgan fingerprint density at radius 2 is 2.19 bits per heavy atom. The number of aromatic nitrogens is 2. The van der Waals surface area contributed by atoms with Crippen molar-refractivity contribution in [2.75, 3.05) is 24.3 Å². The van der Waals surface area contributed by atoms with Crippen LogP contribution in [0.3, 0.4) is 0 Å². The SMILES string of the molecule is CN(C)c1nnc(Sc2cc3c(cc2Cl)C(O)C(=O)N3)s1. The number of rotatable bonds is 3. The topological polar surface area (TPSA) is 78.3 Å². The van der Waals surface area contributed by atoms with Crippen molar-refractivity contribution in [3.8, 4) is 0 Å². The van der Waals surface area contributed by atoms with Crippen LogP contribution < -0.4 is 10.2 Å². The zero-order valence-corrected chi connectivity index (χ0v) is 13.5. The summed E-state index contributed by atoms with van der Waals surface area (Å²) in [6, 6.07) is 3.35. The molecule has 9 heteroatoms. The first-order valence-electron chi connectivity index (χ1n) is 5.97. The number of amides is 1. The van der Waals surface area contributed by atoms with Crippen molar-refractivity contribution in [2.45, 2.75) is 15.3 Å². The molecule has 0 radical (unpaired) electrons. The van der Waals surface area contributed by atoms with Crippen LogP contribution in [-0.4, -0.2) is 35.3 Å². The highest BCUT2D eigenvalue weighted by molar-refractivity contribution is 8.01. The minimum absolute atomic E-state index is 0.436. The van der Waals surface area contributed by atoms with E-state index < -0.39 is 12.0 Å². The minimum Gasteiger partial charge on any atom is -0.378 e. The average Bonchev–Trinajstić information content (AvgIpc) is 2.99. The quantitative estimate of drug-likeness (QED) is 0.891. The summed E-state index contributed by atoms with van der Waals surface area (Å²) >= 11 is 9.04. The second kappa shape index (κ2) is 5.45. The first-order valence-corrected chi connectivity index (χ1v) is 7.98. The number of hydrogen-bond donors (Lipinski definition) is 2. The predicted octanol–water partition coefficient (Wildman–Crippen LogP) is 2.39. The third-order valence-electron chi connectivity index (χ3n) is 2.88. The lowest BCUT2D eigenvalue weighted by molar-refractivity contribution is -0.123. The molecule has 1 aliphatic heterocycles. The van der Waals surface area contributed by atoms with Crippen molar-refractivity contribution < 1.29 is 9.90 Å². The van der Waals surface area contributed by atoms with Gasteiger partial charge in [-0.15, -0.1) is 10.2 Å². The lowest BCUT2D eigenvalue weighted by Gasteiger charge is -2.06. The van der Waals surface area contributed by atoms with Crippen molar-refractivity contribution >= 4 is 51.4 Å². The van der Waals surface area contributed by atoms with Crippen LogP contribution in [0.4, 0.5) is 10.8 Å². The Bertz CT molecular complexity index is 719. The maximum absolute atomic E-state index is 11.5. The fourth-order valence-electron chi connectivity index (χ4n) is 1.84. The highest BCUT2D eigenvalue weighted by Crippen LogP contribution is 2.42. The summed E-state index contributed by atoms with van der Waals surface area (Å²) in [7, 11) is 3.79. The molecule has 2 N–H and O–H groups in total. The van der Waals surface area contributed by atoms with Gasteiger partial charge in [-0.3, -0.25) is 4.79 Å². The molecule has 2 aromatic rings. The molecule has 110 valence electrons. The third-order valence-corrected chi connectivity index (χ3v) is 5.50. The number of carbonyl (C=O) groups is 1. The molecule has 0 saturated carbocycles. The number of nitrogens with zero attached hydrogens (tertiary/aromatic N) is 3. The largest absolute Gasteiger partial charge is 0.378 e. The second-order valence-corrected chi connectivity index (χ2v) is 7.26. The molecular weight excluding hydrogens is 332 g/mol. The van der Waals surface area contributed by atoms with Gasteiger partial charge < -0.3 is 15.3 Å². The van der Waals surface area contributed by atoms with Gasteiger partial charge in [-0.25, -0.2) is 0 Å². The Hall–Kier alpha value is -1.35. The van der Waals surface area contributed by atoms with Crippen LogP contribution in [0.2, 0.25) is 5.02 Å². The van der Waals surface area contributed by atoms with E-state index in [1.54, 1.807) is 12.1 Å². The summed E-state index contributed by atoms with van der Waals surface area (Å²) in [6.45, 7) is 0. The number of nitrogens with one attached hydrogen (secondary N) is 1. The minimum atomic E-state index is -1.15. The average molecular weight is 343 g/mol. The number of fused-ring (bicyclic) bond motifs is 1. The van der Waals surface area contributed by atoms with Gasteiger partial charge in [0.2, 0.25) is 5.13 Å². The molecule has 2 heterocycles. The molecule has 0 spiro atoms. The molecule has 1 aromatic carbocycles. The van der Waals surface area contributed by atoms with Gasteiger partial charge in [0.05, 0.1) is 5.02 Å². The number of anilines is 2. The Labute approximate surface area is 134 Å². The van der Waals surface area contributed by atoms with Crippen molar-refractivity contribution in [2.24, 2.45) is 0 Å². The lowest BCUT2D eigenvalue weighted by atomic mass is 10.1. The van der Waals surface area contributed by atoms with Crippen molar-refractivity contribution in [1.29, 1.82) is 0 Å². The number of aliphatic hydroxyl groups excluding tert-OH is 1. The van der Waals surface area contributed by atoms with E-state index in [0.29, 0.717) is 16.3 Å². The molecule has 1 amide bonds. The zero-order valence-electron chi connectivity index (χ0n) is 11.1. The fourth-order valence-corrected chi connectivity index (χ4v) is 3.89. The van der Waals surface area contributed by atoms with Crippen molar-refractivity contribution in [3.05, 3.63) is 22.7 Å². The van der Waals surface area contributed by atoms with E-state index in [4.69, 9.17) is 11.6 Å². The van der Waals surface area contributed by atoms with E-state index >= 15 is 0 Å². The molecule has 21 heavy (non-hydrogen) atoms. The van der Waals surface area contributed by atoms with Gasteiger partial charge in [-0.1, -0.05) is 34.7 Å². The smallest absolute Gasteiger partial charge is 0.257 e. The van der Waals surface area contributed by atoms with E-state index in [-0.39, 0.29) is 0 Å². The molecule has 1 aliphatic rings. The number of carbonyl (C=O) groups excluding carboxylic acids is 1. The van der Waals surface area contributed by atoms with Gasteiger partial charge in [0, 0.05) is 30.2 Å². The number of benzene rings is 1. The van der Waals surface area contributed by atoms with Gasteiger partial charge in [0.25, 0.3) is 5.91 Å². The monoisotopic (exact) mass is 342 g/mol. The van der Waals surface area contributed by atoms with Gasteiger partial charge in [-0.2, -0.15) is 0 Å². The zero-order chi connectivity index (χ0) is 15.1. The number of halogens is 1.